The predicted molar refractivity (Wildman–Crippen MR) is 248 cm³/mol. The van der Waals surface area contributed by atoms with Crippen LogP contribution in [0.4, 0.5) is 4.79 Å². The maximum atomic E-state index is 14.6. The molecule has 0 unspecified atom stereocenters. The molecule has 348 valence electrons. The summed E-state index contributed by atoms with van der Waals surface area (Å²) in [4.78, 5) is 21.8. The second-order valence-electron chi connectivity index (χ2n) is 16.7. The Bertz CT molecular complexity index is 2220. The van der Waals surface area contributed by atoms with Crippen LogP contribution in [0, 0.1) is 17.8 Å². The van der Waals surface area contributed by atoms with E-state index in [0.717, 1.165) is 53.2 Å². The summed E-state index contributed by atoms with van der Waals surface area (Å²) in [7, 11) is 1.52. The average molecular weight is 893 g/mol. The van der Waals surface area contributed by atoms with Crippen molar-refractivity contribution in [2.45, 2.75) is 69.3 Å². The maximum Gasteiger partial charge on any atom is 0.410 e. The number of nitrogens with zero attached hydrogens (tertiary/aromatic N) is 2. The second-order valence-corrected chi connectivity index (χ2v) is 16.7. The van der Waals surface area contributed by atoms with Crippen LogP contribution in [-0.2, 0) is 30.4 Å². The lowest BCUT2D eigenvalue weighted by Crippen LogP contribution is -2.70. The number of oxime groups is 1. The van der Waals surface area contributed by atoms with E-state index in [2.05, 4.69) is 36.0 Å². The van der Waals surface area contributed by atoms with Gasteiger partial charge in [0.2, 0.25) is 5.79 Å². The Balaban J connectivity index is 1.33. The highest BCUT2D eigenvalue weighted by atomic mass is 16.7. The van der Waals surface area contributed by atoms with Gasteiger partial charge in [-0.1, -0.05) is 90.8 Å². The Labute approximate surface area is 382 Å². The van der Waals surface area contributed by atoms with Gasteiger partial charge >= 0.3 is 6.09 Å². The lowest BCUT2D eigenvalue weighted by atomic mass is 9.55. The van der Waals surface area contributed by atoms with Gasteiger partial charge in [-0.2, -0.15) is 0 Å². The summed E-state index contributed by atoms with van der Waals surface area (Å²) in [6.45, 7) is 4.94. The van der Waals surface area contributed by atoms with E-state index in [1.165, 1.54) is 7.11 Å². The third-order valence-electron chi connectivity index (χ3n) is 12.7. The number of amides is 1. The van der Waals surface area contributed by atoms with E-state index in [-0.39, 0.29) is 83.6 Å². The van der Waals surface area contributed by atoms with Gasteiger partial charge in [-0.05, 0) is 89.8 Å². The van der Waals surface area contributed by atoms with Crippen LogP contribution in [0.3, 0.4) is 0 Å². The molecule has 2 aliphatic carbocycles. The van der Waals surface area contributed by atoms with Crippen molar-refractivity contribution < 1.29 is 53.4 Å². The first-order valence-electron chi connectivity index (χ1n) is 23.0. The largest absolute Gasteiger partial charge is 0.459 e. The summed E-state index contributed by atoms with van der Waals surface area (Å²) < 4.78 is 38.6. The van der Waals surface area contributed by atoms with Gasteiger partial charge in [0.25, 0.3) is 0 Å². The van der Waals surface area contributed by atoms with Crippen molar-refractivity contribution in [2.75, 3.05) is 66.5 Å². The maximum absolute atomic E-state index is 14.6. The van der Waals surface area contributed by atoms with Crippen LogP contribution in [0.5, 0.6) is 17.2 Å². The van der Waals surface area contributed by atoms with Gasteiger partial charge < -0.3 is 48.6 Å². The zero-order chi connectivity index (χ0) is 45.4. The molecule has 6 atom stereocenters. The molecule has 0 radical (unpaired) electrons. The number of hydrogen-bond donors (Lipinski definition) is 3. The van der Waals surface area contributed by atoms with Crippen molar-refractivity contribution in [1.29, 1.82) is 0 Å². The van der Waals surface area contributed by atoms with Crippen molar-refractivity contribution >= 4 is 22.6 Å². The van der Waals surface area contributed by atoms with Gasteiger partial charge in [-0.3, -0.25) is 4.90 Å². The van der Waals surface area contributed by atoms with Crippen molar-refractivity contribution in [3.05, 3.63) is 126 Å². The summed E-state index contributed by atoms with van der Waals surface area (Å²) in [6, 6.07) is 29.1. The fourth-order valence-electron chi connectivity index (χ4n) is 9.93. The highest BCUT2D eigenvalue weighted by molar-refractivity contribution is 6.03. The number of allylic oxidation sites excluding steroid dienone is 1. The molecule has 4 aromatic rings. The Morgan fingerprint density at radius 3 is 2.37 bits per heavy atom. The minimum absolute atomic E-state index is 0.00471. The van der Waals surface area contributed by atoms with E-state index in [1.807, 2.05) is 72.8 Å². The average Bonchev–Trinajstić information content (AvgIpc) is 3.33. The first-order valence-corrected chi connectivity index (χ1v) is 23.0. The number of carbonyl (C=O) groups is 1. The van der Waals surface area contributed by atoms with Crippen LogP contribution in [-0.4, -0.2) is 110 Å². The molecule has 1 amide bonds. The number of aliphatic hydroxyl groups is 3. The third kappa shape index (κ3) is 11.4. The zero-order valence-corrected chi connectivity index (χ0v) is 37.4. The van der Waals surface area contributed by atoms with Crippen molar-refractivity contribution in [1.82, 2.24) is 4.90 Å². The molecular weight excluding hydrogens is 829 g/mol. The van der Waals surface area contributed by atoms with E-state index in [0.29, 0.717) is 42.4 Å². The molecule has 1 fully saturated rings. The molecule has 0 saturated heterocycles. The second kappa shape index (κ2) is 23.8. The lowest BCUT2D eigenvalue weighted by molar-refractivity contribution is -0.256. The molecular formula is C52H64N2O11. The van der Waals surface area contributed by atoms with Gasteiger partial charge in [0.15, 0.2) is 0 Å². The lowest BCUT2D eigenvalue weighted by Gasteiger charge is -2.59. The fraction of sp³-hybridized carbons (Fsp3) is 0.462. The minimum atomic E-state index is -1.49. The van der Waals surface area contributed by atoms with Crippen LogP contribution in [0.25, 0.3) is 10.8 Å². The molecule has 13 nitrogen and oxygen atoms in total. The number of carbonyl (C=O) groups excluding carboxylic acids is 1. The quantitative estimate of drug-likeness (QED) is 0.0333. The van der Waals surface area contributed by atoms with E-state index >= 15 is 0 Å². The van der Waals surface area contributed by atoms with E-state index in [9.17, 15) is 20.1 Å². The van der Waals surface area contributed by atoms with Gasteiger partial charge in [0.1, 0.15) is 37.0 Å². The molecule has 4 aromatic carbocycles. The Kier molecular flexibility index (Phi) is 17.4. The SMILES string of the molecule is C=CCO[C@@]12Oc3ccc(Oc4ccc5ccccc5c4)cc3[C@H]3[C@H](CCCCO)[C@@H](CCCCO)C=C(C(=NOC)C[C@@H]1N(CCOCCO)C(=O)OCCOCc1ccccc1)[C@H]32. The zero-order valence-electron chi connectivity index (χ0n) is 37.4. The number of aliphatic hydroxyl groups excluding tert-OH is 3. The molecule has 0 spiro atoms. The summed E-state index contributed by atoms with van der Waals surface area (Å²) >= 11 is 0. The van der Waals surface area contributed by atoms with Crippen LogP contribution >= 0.6 is 0 Å². The molecule has 0 aromatic heterocycles. The monoisotopic (exact) mass is 892 g/mol. The number of ether oxygens (including phenoxy) is 6. The standard InChI is InChI=1S/C52H64N2O11/c1-3-27-63-52-48(54(23-28-60-29-26-57)51(58)62-31-30-61-36-37-13-5-4-6-14-37)35-46(53-59-2)44-33-40(17-9-11-24-55)43(18-10-12-25-56)49(50(44)52)45-34-42(21-22-47(45)65-52)64-41-20-19-38-15-7-8-16-39(38)32-41/h3-8,13-16,19-22,32-34,40,43,48-50,55-57H,1,9-12,17-18,23-31,35-36H2,2H3/t40-,43+,48-,49+,50+,52+/m0/s1. The van der Waals surface area contributed by atoms with Gasteiger partial charge in [-0.25, -0.2) is 4.79 Å². The Morgan fingerprint density at radius 2 is 1.60 bits per heavy atom. The van der Waals surface area contributed by atoms with Crippen LogP contribution in [0.2, 0.25) is 0 Å². The van der Waals surface area contributed by atoms with Crippen molar-refractivity contribution in [2.24, 2.45) is 22.9 Å². The van der Waals surface area contributed by atoms with E-state index < -0.39 is 23.8 Å². The van der Waals surface area contributed by atoms with Gasteiger partial charge in [-0.15, -0.1) is 6.58 Å². The van der Waals surface area contributed by atoms with Crippen molar-refractivity contribution in [3.8, 4) is 17.2 Å². The summed E-state index contributed by atoms with van der Waals surface area (Å²) in [5, 5.41) is 36.3. The third-order valence-corrected chi connectivity index (χ3v) is 12.7. The first-order chi connectivity index (χ1) is 31.9. The topological polar surface area (TPSA) is 158 Å². The molecule has 3 aliphatic rings. The minimum Gasteiger partial charge on any atom is -0.459 e. The number of fused-ring (bicyclic) bond motifs is 3. The number of rotatable bonds is 25. The normalized spacial score (nSPS) is 22.6. The number of hydrogen-bond acceptors (Lipinski definition) is 12. The highest BCUT2D eigenvalue weighted by Gasteiger charge is 2.65. The summed E-state index contributed by atoms with van der Waals surface area (Å²) in [5.41, 5.74) is 3.51. The molecule has 13 heteroatoms. The van der Waals surface area contributed by atoms with E-state index in [4.69, 9.17) is 33.3 Å². The number of unbranched alkanes of at least 4 members (excludes halogenated alkanes) is 2. The van der Waals surface area contributed by atoms with Crippen LogP contribution in [0.15, 0.2) is 120 Å². The van der Waals surface area contributed by atoms with Gasteiger partial charge in [0, 0.05) is 37.7 Å². The highest BCUT2D eigenvalue weighted by Crippen LogP contribution is 2.62. The Hall–Kier alpha value is -5.28. The molecule has 1 aliphatic heterocycles. The summed E-state index contributed by atoms with van der Waals surface area (Å²) in [6.07, 6.45) is 8.06. The predicted octanol–water partition coefficient (Wildman–Crippen LogP) is 8.56. The molecule has 1 saturated carbocycles. The molecule has 65 heavy (non-hydrogen) atoms. The molecule has 0 bridgehead atoms. The molecule has 7 rings (SSSR count). The fourth-order valence-corrected chi connectivity index (χ4v) is 9.93. The summed E-state index contributed by atoms with van der Waals surface area (Å²) in [5.74, 6) is -0.233. The van der Waals surface area contributed by atoms with E-state index in [1.54, 1.807) is 11.0 Å². The van der Waals surface area contributed by atoms with Crippen LogP contribution in [0.1, 0.15) is 62.0 Å². The number of benzene rings is 4. The molecule has 3 N–H and O–H groups in total. The first kappa shape index (κ1) is 47.7. The van der Waals surface area contributed by atoms with Crippen molar-refractivity contribution in [3.63, 3.8) is 0 Å². The van der Waals surface area contributed by atoms with Gasteiger partial charge in [0.05, 0.1) is 51.3 Å². The van der Waals surface area contributed by atoms with Crippen LogP contribution < -0.4 is 9.47 Å². The Morgan fingerprint density at radius 1 is 0.846 bits per heavy atom. The smallest absolute Gasteiger partial charge is 0.410 e. The molecule has 1 heterocycles.